The van der Waals surface area contributed by atoms with E-state index in [2.05, 4.69) is 55.1 Å². The summed E-state index contributed by atoms with van der Waals surface area (Å²) in [5, 5.41) is 0.919. The number of anilines is 1. The van der Waals surface area contributed by atoms with Crippen molar-refractivity contribution in [1.82, 2.24) is 9.97 Å². The van der Waals surface area contributed by atoms with Crippen LogP contribution >= 0.6 is 15.9 Å². The highest BCUT2D eigenvalue weighted by Gasteiger charge is 2.09. The van der Waals surface area contributed by atoms with E-state index < -0.39 is 0 Å². The lowest BCUT2D eigenvalue weighted by atomic mass is 10.2. The molecule has 0 aliphatic rings. The summed E-state index contributed by atoms with van der Waals surface area (Å²) < 4.78 is 0. The summed E-state index contributed by atoms with van der Waals surface area (Å²) in [6.07, 6.45) is 0. The molecule has 0 saturated carbocycles. The van der Waals surface area contributed by atoms with Crippen molar-refractivity contribution in [3.8, 4) is 0 Å². The third-order valence-electron chi connectivity index (χ3n) is 2.85. The van der Waals surface area contributed by atoms with Crippen LogP contribution in [-0.2, 0) is 6.54 Å². The molecule has 0 aliphatic heterocycles. The van der Waals surface area contributed by atoms with Gasteiger partial charge in [0, 0.05) is 30.2 Å². The molecule has 0 spiro atoms. The Labute approximate surface area is 122 Å². The summed E-state index contributed by atoms with van der Waals surface area (Å²) >= 11 is 3.51. The van der Waals surface area contributed by atoms with Crippen LogP contribution in [0.25, 0.3) is 0 Å². The van der Waals surface area contributed by atoms with Gasteiger partial charge in [0.25, 0.3) is 0 Å². The molecular weight excluding hydrogens is 302 g/mol. The second-order valence-corrected chi connectivity index (χ2v) is 5.30. The molecule has 2 rings (SSSR count). The van der Waals surface area contributed by atoms with Crippen molar-refractivity contribution >= 4 is 21.7 Å². The highest BCUT2D eigenvalue weighted by atomic mass is 79.9. The Balaban J connectivity index is 2.24. The smallest absolute Gasteiger partial charge is 0.132 e. The van der Waals surface area contributed by atoms with E-state index in [0.717, 1.165) is 35.8 Å². The maximum absolute atomic E-state index is 4.54. The first-order valence-electron chi connectivity index (χ1n) is 6.36. The van der Waals surface area contributed by atoms with E-state index in [-0.39, 0.29) is 0 Å². The molecule has 0 aliphatic carbocycles. The van der Waals surface area contributed by atoms with Gasteiger partial charge in [-0.15, -0.1) is 0 Å². The van der Waals surface area contributed by atoms with Gasteiger partial charge in [-0.1, -0.05) is 46.3 Å². The Morgan fingerprint density at radius 3 is 2.47 bits per heavy atom. The molecule has 3 nitrogen and oxygen atoms in total. The molecule has 1 aromatic carbocycles. The molecule has 0 saturated heterocycles. The van der Waals surface area contributed by atoms with Crippen molar-refractivity contribution in [1.29, 1.82) is 0 Å². The third kappa shape index (κ3) is 4.03. The van der Waals surface area contributed by atoms with Crippen LogP contribution in [0.2, 0.25) is 0 Å². The zero-order valence-corrected chi connectivity index (χ0v) is 12.9. The molecule has 0 unspecified atom stereocenters. The Kier molecular flexibility index (Phi) is 4.91. The average molecular weight is 320 g/mol. The molecule has 1 heterocycles. The van der Waals surface area contributed by atoms with Crippen molar-refractivity contribution in [3.05, 3.63) is 53.5 Å². The minimum absolute atomic E-state index is 0.822. The van der Waals surface area contributed by atoms with Gasteiger partial charge in [-0.2, -0.15) is 0 Å². The van der Waals surface area contributed by atoms with Gasteiger partial charge in [0.15, 0.2) is 0 Å². The first kappa shape index (κ1) is 14.0. The van der Waals surface area contributed by atoms with Crippen LogP contribution in [0.4, 0.5) is 5.82 Å². The second kappa shape index (κ2) is 6.66. The van der Waals surface area contributed by atoms with Gasteiger partial charge in [-0.05, 0) is 19.4 Å². The van der Waals surface area contributed by atoms with Gasteiger partial charge in [-0.25, -0.2) is 9.97 Å². The molecule has 1 aromatic heterocycles. The summed E-state index contributed by atoms with van der Waals surface area (Å²) in [7, 11) is 0. The van der Waals surface area contributed by atoms with E-state index >= 15 is 0 Å². The van der Waals surface area contributed by atoms with Gasteiger partial charge >= 0.3 is 0 Å². The lowest BCUT2D eigenvalue weighted by Crippen LogP contribution is -2.26. The zero-order chi connectivity index (χ0) is 13.7. The van der Waals surface area contributed by atoms with E-state index in [1.54, 1.807) is 0 Å². The maximum atomic E-state index is 4.54. The number of hydrogen-bond acceptors (Lipinski definition) is 3. The summed E-state index contributed by atoms with van der Waals surface area (Å²) in [5.41, 5.74) is 2.30. The molecule has 4 heteroatoms. The minimum atomic E-state index is 0.822. The van der Waals surface area contributed by atoms with E-state index in [0.29, 0.717) is 0 Å². The number of aryl methyl sites for hydroxylation is 2. The number of rotatable bonds is 5. The van der Waals surface area contributed by atoms with Gasteiger partial charge in [0.1, 0.15) is 11.6 Å². The van der Waals surface area contributed by atoms with E-state index in [1.807, 2.05) is 26.0 Å². The third-order valence-corrected chi connectivity index (χ3v) is 3.20. The van der Waals surface area contributed by atoms with Crippen molar-refractivity contribution in [3.63, 3.8) is 0 Å². The quantitative estimate of drug-likeness (QED) is 0.790. The molecule has 100 valence electrons. The molecular formula is C15H18BrN3. The fourth-order valence-electron chi connectivity index (χ4n) is 2.04. The Morgan fingerprint density at radius 2 is 1.84 bits per heavy atom. The van der Waals surface area contributed by atoms with Crippen molar-refractivity contribution in [2.75, 3.05) is 16.8 Å². The molecule has 0 radical (unpaired) electrons. The van der Waals surface area contributed by atoms with E-state index in [4.69, 9.17) is 0 Å². The highest BCUT2D eigenvalue weighted by Crippen LogP contribution is 2.16. The van der Waals surface area contributed by atoms with Gasteiger partial charge in [0.05, 0.1) is 0 Å². The van der Waals surface area contributed by atoms with Crippen LogP contribution in [0.15, 0.2) is 36.4 Å². The first-order valence-corrected chi connectivity index (χ1v) is 7.48. The van der Waals surface area contributed by atoms with Crippen molar-refractivity contribution in [2.45, 2.75) is 20.4 Å². The van der Waals surface area contributed by atoms with E-state index in [1.165, 1.54) is 5.56 Å². The highest BCUT2D eigenvalue weighted by molar-refractivity contribution is 9.09. The number of hydrogen-bond donors (Lipinski definition) is 0. The molecule has 2 aromatic rings. The van der Waals surface area contributed by atoms with Gasteiger partial charge in [0.2, 0.25) is 0 Å². The summed E-state index contributed by atoms with van der Waals surface area (Å²) in [6.45, 7) is 5.73. The van der Waals surface area contributed by atoms with Crippen LogP contribution in [0.1, 0.15) is 17.1 Å². The van der Waals surface area contributed by atoms with Crippen molar-refractivity contribution in [2.24, 2.45) is 0 Å². The number of aromatic nitrogens is 2. The van der Waals surface area contributed by atoms with Crippen LogP contribution in [0, 0.1) is 13.8 Å². The monoisotopic (exact) mass is 319 g/mol. The normalized spacial score (nSPS) is 10.5. The molecule has 19 heavy (non-hydrogen) atoms. The predicted molar refractivity (Wildman–Crippen MR) is 82.8 cm³/mol. The van der Waals surface area contributed by atoms with Crippen LogP contribution < -0.4 is 4.90 Å². The maximum Gasteiger partial charge on any atom is 0.132 e. The summed E-state index contributed by atoms with van der Waals surface area (Å²) in [5.74, 6) is 1.82. The van der Waals surface area contributed by atoms with Gasteiger partial charge < -0.3 is 4.90 Å². The Hall–Kier alpha value is -1.42. The Morgan fingerprint density at radius 1 is 1.11 bits per heavy atom. The topological polar surface area (TPSA) is 29.0 Å². The average Bonchev–Trinajstić information content (AvgIpc) is 2.38. The molecule has 0 fully saturated rings. The lowest BCUT2D eigenvalue weighted by Gasteiger charge is -2.23. The first-order chi connectivity index (χ1) is 9.19. The van der Waals surface area contributed by atoms with Crippen LogP contribution in [0.5, 0.6) is 0 Å². The fourth-order valence-corrected chi connectivity index (χ4v) is 2.47. The number of nitrogens with zero attached hydrogens (tertiary/aromatic N) is 3. The SMILES string of the molecule is Cc1cc(N(CCBr)Cc2ccccc2)nc(C)n1. The number of halogens is 1. The molecule has 0 amide bonds. The largest absolute Gasteiger partial charge is 0.351 e. The predicted octanol–water partition coefficient (Wildman–Crippen LogP) is 3.49. The van der Waals surface area contributed by atoms with Crippen LogP contribution in [0.3, 0.4) is 0 Å². The molecule has 0 bridgehead atoms. The number of alkyl halides is 1. The molecule has 0 N–H and O–H groups in total. The zero-order valence-electron chi connectivity index (χ0n) is 11.3. The minimum Gasteiger partial charge on any atom is -0.351 e. The standard InChI is InChI=1S/C15H18BrN3/c1-12-10-15(18-13(2)17-12)19(9-8-16)11-14-6-4-3-5-7-14/h3-7,10H,8-9,11H2,1-2H3. The molecule has 0 atom stereocenters. The Bertz CT molecular complexity index is 508. The van der Waals surface area contributed by atoms with Gasteiger partial charge in [-0.3, -0.25) is 0 Å². The van der Waals surface area contributed by atoms with Crippen molar-refractivity contribution < 1.29 is 0 Å². The number of benzene rings is 1. The second-order valence-electron chi connectivity index (χ2n) is 4.51. The lowest BCUT2D eigenvalue weighted by molar-refractivity contribution is 0.808. The van der Waals surface area contributed by atoms with Crippen LogP contribution in [-0.4, -0.2) is 21.8 Å². The van der Waals surface area contributed by atoms with E-state index in [9.17, 15) is 0 Å². The summed E-state index contributed by atoms with van der Waals surface area (Å²) in [6, 6.07) is 12.5. The fraction of sp³-hybridized carbons (Fsp3) is 0.333. The summed E-state index contributed by atoms with van der Waals surface area (Å²) in [4.78, 5) is 11.1.